The predicted molar refractivity (Wildman–Crippen MR) is 58.9 cm³/mol. The van der Waals surface area contributed by atoms with Crippen LogP contribution in [-0.2, 0) is 11.3 Å². The molecule has 18 heavy (non-hydrogen) atoms. The van der Waals surface area contributed by atoms with Crippen molar-refractivity contribution in [2.24, 2.45) is 0 Å². The third-order valence-corrected chi connectivity index (χ3v) is 2.16. The minimum atomic E-state index is -1.16. The summed E-state index contributed by atoms with van der Waals surface area (Å²) in [6, 6.07) is 2.21. The minimum absolute atomic E-state index is 0.00734. The minimum Gasteiger partial charge on any atom is -0.480 e. The van der Waals surface area contributed by atoms with Crippen LogP contribution in [0.3, 0.4) is 0 Å². The van der Waals surface area contributed by atoms with Gasteiger partial charge >= 0.3 is 12.0 Å². The van der Waals surface area contributed by atoms with Crippen LogP contribution in [0.25, 0.3) is 0 Å². The SMILES string of the molecule is CN(CC(=O)O)C(=O)NCc1cc(F)ccc1F. The number of nitrogens with one attached hydrogen (secondary N) is 1. The van der Waals surface area contributed by atoms with Gasteiger partial charge in [0.2, 0.25) is 0 Å². The van der Waals surface area contributed by atoms with Gasteiger partial charge < -0.3 is 15.3 Å². The molecule has 5 nitrogen and oxygen atoms in total. The molecule has 0 aliphatic rings. The first-order valence-electron chi connectivity index (χ1n) is 5.05. The number of amides is 2. The number of rotatable bonds is 4. The first kappa shape index (κ1) is 13.9. The number of carbonyl (C=O) groups excluding carboxylic acids is 1. The van der Waals surface area contributed by atoms with Crippen LogP contribution in [0.1, 0.15) is 5.56 Å². The summed E-state index contributed by atoms with van der Waals surface area (Å²) in [5, 5.41) is 10.8. The zero-order chi connectivity index (χ0) is 13.7. The number of hydrogen-bond donors (Lipinski definition) is 2. The largest absolute Gasteiger partial charge is 0.480 e. The fraction of sp³-hybridized carbons (Fsp3) is 0.273. The molecule has 1 aromatic carbocycles. The lowest BCUT2D eigenvalue weighted by Gasteiger charge is -2.15. The number of nitrogens with zero attached hydrogens (tertiary/aromatic N) is 1. The molecule has 1 rings (SSSR count). The number of carboxylic acid groups (broad SMARTS) is 1. The third-order valence-electron chi connectivity index (χ3n) is 2.16. The highest BCUT2D eigenvalue weighted by atomic mass is 19.1. The third kappa shape index (κ3) is 4.00. The Balaban J connectivity index is 2.57. The lowest BCUT2D eigenvalue weighted by molar-refractivity contribution is -0.137. The maximum Gasteiger partial charge on any atom is 0.323 e. The lowest BCUT2D eigenvalue weighted by Crippen LogP contribution is -2.39. The molecule has 2 amide bonds. The first-order chi connectivity index (χ1) is 8.40. The molecule has 0 aliphatic heterocycles. The Bertz CT molecular complexity index is 466. The van der Waals surface area contributed by atoms with E-state index >= 15 is 0 Å². The molecule has 0 spiro atoms. The number of benzene rings is 1. The van der Waals surface area contributed by atoms with E-state index in [9.17, 15) is 18.4 Å². The van der Waals surface area contributed by atoms with Crippen LogP contribution < -0.4 is 5.32 Å². The van der Waals surface area contributed by atoms with Crippen molar-refractivity contribution in [2.75, 3.05) is 13.6 Å². The van der Waals surface area contributed by atoms with Crippen LogP contribution in [0.4, 0.5) is 13.6 Å². The van der Waals surface area contributed by atoms with Crippen LogP contribution in [0.15, 0.2) is 18.2 Å². The number of likely N-dealkylation sites (N-methyl/N-ethyl adjacent to an activating group) is 1. The fourth-order valence-electron chi connectivity index (χ4n) is 1.26. The molecule has 0 unspecified atom stereocenters. The van der Waals surface area contributed by atoms with Gasteiger partial charge in [-0.05, 0) is 18.2 Å². The highest BCUT2D eigenvalue weighted by Gasteiger charge is 2.12. The van der Waals surface area contributed by atoms with Crippen LogP contribution in [0, 0.1) is 11.6 Å². The number of halogens is 2. The lowest BCUT2D eigenvalue weighted by atomic mass is 10.2. The Morgan fingerprint density at radius 1 is 1.39 bits per heavy atom. The van der Waals surface area contributed by atoms with Gasteiger partial charge in [0.15, 0.2) is 0 Å². The monoisotopic (exact) mass is 258 g/mol. The van der Waals surface area contributed by atoms with E-state index in [2.05, 4.69) is 5.32 Å². The van der Waals surface area contributed by atoms with E-state index in [1.165, 1.54) is 7.05 Å². The summed E-state index contributed by atoms with van der Waals surface area (Å²) >= 11 is 0. The highest BCUT2D eigenvalue weighted by Crippen LogP contribution is 2.09. The molecule has 2 N–H and O–H groups in total. The van der Waals surface area contributed by atoms with E-state index in [0.29, 0.717) is 0 Å². The summed E-state index contributed by atoms with van der Waals surface area (Å²) in [6.07, 6.45) is 0. The summed E-state index contributed by atoms with van der Waals surface area (Å²) in [6.45, 7) is -0.691. The molecule has 0 radical (unpaired) electrons. The summed E-state index contributed by atoms with van der Waals surface area (Å²) in [4.78, 5) is 22.7. The fourth-order valence-corrected chi connectivity index (χ4v) is 1.26. The van der Waals surface area contributed by atoms with Crippen molar-refractivity contribution in [1.29, 1.82) is 0 Å². The molecular formula is C11H12F2N2O3. The van der Waals surface area contributed by atoms with E-state index < -0.39 is 30.2 Å². The van der Waals surface area contributed by atoms with Crippen molar-refractivity contribution in [3.05, 3.63) is 35.4 Å². The summed E-state index contributed by atoms with van der Waals surface area (Å²) in [7, 11) is 1.28. The predicted octanol–water partition coefficient (Wildman–Crippen LogP) is 1.19. The maximum atomic E-state index is 13.2. The van der Waals surface area contributed by atoms with Crippen molar-refractivity contribution in [2.45, 2.75) is 6.54 Å². The Morgan fingerprint density at radius 2 is 2.06 bits per heavy atom. The molecule has 0 aromatic heterocycles. The van der Waals surface area contributed by atoms with Gasteiger partial charge in [-0.2, -0.15) is 0 Å². The maximum absolute atomic E-state index is 13.2. The average molecular weight is 258 g/mol. The molecule has 0 bridgehead atoms. The van der Waals surface area contributed by atoms with Crippen LogP contribution in [0.2, 0.25) is 0 Å². The first-order valence-corrected chi connectivity index (χ1v) is 5.05. The second-order valence-electron chi connectivity index (χ2n) is 3.64. The van der Waals surface area contributed by atoms with Crippen LogP contribution in [-0.4, -0.2) is 35.6 Å². The molecule has 0 atom stereocenters. The molecule has 0 fully saturated rings. The van der Waals surface area contributed by atoms with E-state index in [-0.39, 0.29) is 12.1 Å². The van der Waals surface area contributed by atoms with Crippen molar-refractivity contribution in [3.63, 3.8) is 0 Å². The number of urea groups is 1. The Labute approximate surface area is 102 Å². The Kier molecular flexibility index (Phi) is 4.59. The highest BCUT2D eigenvalue weighted by molar-refractivity contribution is 5.79. The molecule has 0 saturated heterocycles. The van der Waals surface area contributed by atoms with Gasteiger partial charge in [-0.3, -0.25) is 4.79 Å². The van der Waals surface area contributed by atoms with Gasteiger partial charge in [-0.1, -0.05) is 0 Å². The molecule has 0 heterocycles. The zero-order valence-corrected chi connectivity index (χ0v) is 9.61. The smallest absolute Gasteiger partial charge is 0.323 e. The number of carboxylic acids is 1. The molecule has 98 valence electrons. The van der Waals surface area contributed by atoms with E-state index in [1.807, 2.05) is 0 Å². The molecular weight excluding hydrogens is 246 g/mol. The second kappa shape index (κ2) is 5.95. The molecule has 7 heteroatoms. The number of aliphatic carboxylic acids is 1. The Morgan fingerprint density at radius 3 is 2.67 bits per heavy atom. The van der Waals surface area contributed by atoms with Crippen molar-refractivity contribution < 1.29 is 23.5 Å². The van der Waals surface area contributed by atoms with Gasteiger partial charge in [0.05, 0.1) is 0 Å². The normalized spacial score (nSPS) is 9.94. The second-order valence-corrected chi connectivity index (χ2v) is 3.64. The topological polar surface area (TPSA) is 69.6 Å². The standard InChI is InChI=1S/C11H12F2N2O3/c1-15(6-10(16)17)11(18)14-5-7-4-8(12)2-3-9(7)13/h2-4H,5-6H2,1H3,(H,14,18)(H,16,17). The number of carbonyl (C=O) groups is 2. The van der Waals surface area contributed by atoms with Gasteiger partial charge in [-0.15, -0.1) is 0 Å². The van der Waals surface area contributed by atoms with Gasteiger partial charge in [0.25, 0.3) is 0 Å². The molecule has 1 aromatic rings. The van der Waals surface area contributed by atoms with E-state index in [1.54, 1.807) is 0 Å². The van der Waals surface area contributed by atoms with Crippen LogP contribution >= 0.6 is 0 Å². The molecule has 0 aliphatic carbocycles. The average Bonchev–Trinajstić information content (AvgIpc) is 2.29. The van der Waals surface area contributed by atoms with E-state index in [4.69, 9.17) is 5.11 Å². The van der Waals surface area contributed by atoms with E-state index in [0.717, 1.165) is 23.1 Å². The quantitative estimate of drug-likeness (QED) is 0.852. The summed E-state index contributed by atoms with van der Waals surface area (Å²) in [5.74, 6) is -2.42. The van der Waals surface area contributed by atoms with Gasteiger partial charge in [0, 0.05) is 19.2 Å². The number of hydrogen-bond acceptors (Lipinski definition) is 2. The van der Waals surface area contributed by atoms with Crippen molar-refractivity contribution in [3.8, 4) is 0 Å². The van der Waals surface area contributed by atoms with Crippen molar-refractivity contribution in [1.82, 2.24) is 10.2 Å². The molecule has 0 saturated carbocycles. The summed E-state index contributed by atoms with van der Waals surface area (Å²) < 4.78 is 26.0. The van der Waals surface area contributed by atoms with Gasteiger partial charge in [0.1, 0.15) is 18.2 Å². The van der Waals surface area contributed by atoms with Crippen molar-refractivity contribution >= 4 is 12.0 Å². The summed E-state index contributed by atoms with van der Waals surface area (Å²) in [5.41, 5.74) is -0.00734. The van der Waals surface area contributed by atoms with Gasteiger partial charge in [-0.25, -0.2) is 13.6 Å². The van der Waals surface area contributed by atoms with Crippen LogP contribution in [0.5, 0.6) is 0 Å². The Hall–Kier alpha value is -2.18. The zero-order valence-electron chi connectivity index (χ0n) is 9.61.